The molecule has 0 aliphatic rings. The second-order valence-corrected chi connectivity index (χ2v) is 4.37. The normalized spacial score (nSPS) is 10.6. The minimum absolute atomic E-state index is 0.347. The number of ether oxygens (including phenoxy) is 1. The lowest BCUT2D eigenvalue weighted by Gasteiger charge is -2.04. The Morgan fingerprint density at radius 2 is 2.21 bits per heavy atom. The minimum Gasteiger partial charge on any atom is -0.383 e. The van der Waals surface area contributed by atoms with Crippen molar-refractivity contribution in [2.75, 3.05) is 31.3 Å². The summed E-state index contributed by atoms with van der Waals surface area (Å²) in [6, 6.07) is 7.57. The molecular weight excluding hydrogens is 266 g/mol. The summed E-state index contributed by atoms with van der Waals surface area (Å²) in [5.74, 6) is 0.835. The van der Waals surface area contributed by atoms with Crippen LogP contribution < -0.4 is 11.1 Å². The van der Waals surface area contributed by atoms with Crippen molar-refractivity contribution in [3.05, 3.63) is 34.9 Å². The number of anilines is 2. The summed E-state index contributed by atoms with van der Waals surface area (Å²) in [5, 5.41) is 7.99. The number of nitrogens with two attached hydrogens (primary N) is 1. The summed E-state index contributed by atoms with van der Waals surface area (Å²) in [5.41, 5.74) is 6.77. The molecule has 1 aromatic carbocycles. The Kier molecular flexibility index (Phi) is 4.59. The predicted octanol–water partition coefficient (Wildman–Crippen LogP) is 1.62. The van der Waals surface area contributed by atoms with Crippen molar-refractivity contribution in [2.45, 2.75) is 6.54 Å². The highest BCUT2D eigenvalue weighted by Crippen LogP contribution is 2.17. The Morgan fingerprint density at radius 3 is 2.95 bits per heavy atom. The third-order valence-electron chi connectivity index (χ3n) is 2.57. The van der Waals surface area contributed by atoms with Crippen LogP contribution in [0, 0.1) is 0 Å². The van der Waals surface area contributed by atoms with E-state index in [1.807, 2.05) is 24.3 Å². The van der Waals surface area contributed by atoms with E-state index in [0.717, 1.165) is 5.56 Å². The number of hydrogen-bond acceptors (Lipinski definition) is 5. The van der Waals surface area contributed by atoms with Crippen LogP contribution in [0.4, 0.5) is 11.9 Å². The van der Waals surface area contributed by atoms with E-state index >= 15 is 0 Å². The van der Waals surface area contributed by atoms with Crippen molar-refractivity contribution in [2.24, 2.45) is 0 Å². The van der Waals surface area contributed by atoms with Gasteiger partial charge in [0.05, 0.1) is 13.2 Å². The van der Waals surface area contributed by atoms with Crippen LogP contribution >= 0.6 is 11.6 Å². The zero-order chi connectivity index (χ0) is 13.7. The molecule has 2 aromatic rings. The zero-order valence-corrected chi connectivity index (χ0v) is 11.4. The van der Waals surface area contributed by atoms with Crippen LogP contribution in [0.5, 0.6) is 0 Å². The van der Waals surface area contributed by atoms with Crippen molar-refractivity contribution >= 4 is 23.5 Å². The number of hydrogen-bond donors (Lipinski definition) is 2. The van der Waals surface area contributed by atoms with Gasteiger partial charge in [-0.2, -0.15) is 4.98 Å². The number of halogens is 1. The molecule has 0 aliphatic carbocycles. The van der Waals surface area contributed by atoms with Crippen molar-refractivity contribution < 1.29 is 4.74 Å². The van der Waals surface area contributed by atoms with Gasteiger partial charge in [-0.3, -0.25) is 0 Å². The van der Waals surface area contributed by atoms with Gasteiger partial charge in [0.2, 0.25) is 11.9 Å². The highest BCUT2D eigenvalue weighted by molar-refractivity contribution is 6.31. The fraction of sp³-hybridized carbons (Fsp3) is 0.333. The van der Waals surface area contributed by atoms with E-state index in [-0.39, 0.29) is 0 Å². The quantitative estimate of drug-likeness (QED) is 0.787. The summed E-state index contributed by atoms with van der Waals surface area (Å²) < 4.78 is 6.55. The van der Waals surface area contributed by atoms with Crippen molar-refractivity contribution in [1.82, 2.24) is 14.8 Å². The first-order valence-electron chi connectivity index (χ1n) is 5.87. The van der Waals surface area contributed by atoms with E-state index in [1.165, 1.54) is 0 Å². The molecule has 0 atom stereocenters. The number of nitrogens with zero attached hydrogens (tertiary/aromatic N) is 3. The molecule has 3 N–H and O–H groups in total. The number of methoxy groups -OCH3 is 1. The second kappa shape index (κ2) is 6.40. The number of nitrogens with one attached hydrogen (secondary N) is 1. The lowest BCUT2D eigenvalue weighted by Crippen LogP contribution is -2.09. The summed E-state index contributed by atoms with van der Waals surface area (Å²) in [4.78, 5) is 4.13. The van der Waals surface area contributed by atoms with E-state index in [2.05, 4.69) is 15.4 Å². The average molecular weight is 282 g/mol. The maximum Gasteiger partial charge on any atom is 0.244 e. The fourth-order valence-electron chi connectivity index (χ4n) is 1.60. The molecule has 1 heterocycles. The molecule has 0 radical (unpaired) electrons. The van der Waals surface area contributed by atoms with E-state index in [4.69, 9.17) is 22.1 Å². The minimum atomic E-state index is 0.347. The van der Waals surface area contributed by atoms with Crippen LogP contribution in [0.1, 0.15) is 5.56 Å². The molecule has 0 unspecified atom stereocenters. The molecule has 6 nitrogen and oxygen atoms in total. The van der Waals surface area contributed by atoms with Crippen molar-refractivity contribution in [1.29, 1.82) is 0 Å². The Bertz CT molecular complexity index is 543. The Morgan fingerprint density at radius 1 is 1.42 bits per heavy atom. The first kappa shape index (κ1) is 13.6. The molecule has 0 aliphatic heterocycles. The van der Waals surface area contributed by atoms with Gasteiger partial charge < -0.3 is 15.8 Å². The van der Waals surface area contributed by atoms with Crippen LogP contribution in [0.2, 0.25) is 5.02 Å². The van der Waals surface area contributed by atoms with E-state index in [1.54, 1.807) is 11.8 Å². The largest absolute Gasteiger partial charge is 0.383 e. The van der Waals surface area contributed by atoms with Crippen LogP contribution in [-0.2, 0) is 11.3 Å². The number of rotatable bonds is 6. The highest BCUT2D eigenvalue weighted by atomic mass is 35.5. The van der Waals surface area contributed by atoms with Crippen LogP contribution in [0.3, 0.4) is 0 Å². The number of benzene rings is 1. The molecule has 0 spiro atoms. The second-order valence-electron chi connectivity index (χ2n) is 3.96. The Hall–Kier alpha value is -1.79. The van der Waals surface area contributed by atoms with E-state index < -0.39 is 0 Å². The number of nitrogen functional groups attached to an aromatic ring is 1. The summed E-state index contributed by atoms with van der Waals surface area (Å²) in [6.45, 7) is 1.70. The maximum atomic E-state index is 6.10. The van der Waals surface area contributed by atoms with Crippen LogP contribution in [0.15, 0.2) is 24.3 Å². The summed E-state index contributed by atoms with van der Waals surface area (Å²) >= 11 is 6.10. The predicted molar refractivity (Wildman–Crippen MR) is 75.4 cm³/mol. The topological polar surface area (TPSA) is 78.0 Å². The standard InChI is InChI=1S/C12H16ClN5O/c1-19-7-6-15-12-16-11(14)18(17-12)8-9-4-2-3-5-10(9)13/h2-5H,6-8H2,1H3,(H3,14,15,16,17). The summed E-state index contributed by atoms with van der Waals surface area (Å²) in [7, 11) is 1.64. The monoisotopic (exact) mass is 281 g/mol. The molecule has 0 saturated heterocycles. The molecule has 0 bridgehead atoms. The fourth-order valence-corrected chi connectivity index (χ4v) is 1.79. The first-order valence-corrected chi connectivity index (χ1v) is 6.25. The Labute approximate surface area is 116 Å². The number of aromatic nitrogens is 3. The Balaban J connectivity index is 2.06. The molecule has 0 fully saturated rings. The lowest BCUT2D eigenvalue weighted by molar-refractivity contribution is 0.210. The molecular formula is C12H16ClN5O. The van der Waals surface area contributed by atoms with E-state index in [9.17, 15) is 0 Å². The maximum absolute atomic E-state index is 6.10. The van der Waals surface area contributed by atoms with Gasteiger partial charge in [0.15, 0.2) is 0 Å². The lowest BCUT2D eigenvalue weighted by atomic mass is 10.2. The van der Waals surface area contributed by atoms with Gasteiger partial charge in [-0.1, -0.05) is 29.8 Å². The van der Waals surface area contributed by atoms with E-state index in [0.29, 0.717) is 36.6 Å². The van der Waals surface area contributed by atoms with Gasteiger partial charge >= 0.3 is 0 Å². The van der Waals surface area contributed by atoms with Gasteiger partial charge in [0, 0.05) is 18.7 Å². The smallest absolute Gasteiger partial charge is 0.244 e. The molecule has 0 saturated carbocycles. The van der Waals surface area contributed by atoms with Crippen molar-refractivity contribution in [3.8, 4) is 0 Å². The van der Waals surface area contributed by atoms with Crippen LogP contribution in [0.25, 0.3) is 0 Å². The average Bonchev–Trinajstić information content (AvgIpc) is 2.73. The third-order valence-corrected chi connectivity index (χ3v) is 2.94. The van der Waals surface area contributed by atoms with Crippen molar-refractivity contribution in [3.63, 3.8) is 0 Å². The molecule has 0 amide bonds. The molecule has 2 rings (SSSR count). The third kappa shape index (κ3) is 3.59. The van der Waals surface area contributed by atoms with Gasteiger partial charge in [-0.05, 0) is 11.6 Å². The molecule has 19 heavy (non-hydrogen) atoms. The molecule has 1 aromatic heterocycles. The SMILES string of the molecule is COCCNc1nc(N)n(Cc2ccccc2Cl)n1. The molecule has 102 valence electrons. The first-order chi connectivity index (χ1) is 9.20. The van der Waals surface area contributed by atoms with Crippen LogP contribution in [-0.4, -0.2) is 35.0 Å². The van der Waals surface area contributed by atoms with Gasteiger partial charge in [0.25, 0.3) is 0 Å². The zero-order valence-electron chi connectivity index (χ0n) is 10.6. The highest BCUT2D eigenvalue weighted by Gasteiger charge is 2.08. The summed E-state index contributed by atoms with van der Waals surface area (Å²) in [6.07, 6.45) is 0. The van der Waals surface area contributed by atoms with Gasteiger partial charge in [-0.15, -0.1) is 5.10 Å². The van der Waals surface area contributed by atoms with Gasteiger partial charge in [0.1, 0.15) is 0 Å². The van der Waals surface area contributed by atoms with Gasteiger partial charge in [-0.25, -0.2) is 4.68 Å². The molecule has 7 heteroatoms.